The zero-order valence-electron chi connectivity index (χ0n) is 14.3. The van der Waals surface area contributed by atoms with Gasteiger partial charge in [0.05, 0.1) is 4.90 Å². The number of benzene rings is 1. The van der Waals surface area contributed by atoms with Gasteiger partial charge in [0, 0.05) is 32.1 Å². The number of carbonyl (C=O) groups is 1. The largest absolute Gasteiger partial charge is 0.342 e. The highest BCUT2D eigenvalue weighted by molar-refractivity contribution is 7.89. The lowest BCUT2D eigenvalue weighted by atomic mass is 10.0. The quantitative estimate of drug-likeness (QED) is 0.823. The minimum Gasteiger partial charge on any atom is -0.342 e. The van der Waals surface area contributed by atoms with Gasteiger partial charge in [-0.25, -0.2) is 13.1 Å². The van der Waals surface area contributed by atoms with Crippen molar-refractivity contribution in [2.24, 2.45) is 5.73 Å². The summed E-state index contributed by atoms with van der Waals surface area (Å²) in [6.45, 7) is 6.56. The Bertz CT molecular complexity index is 705. The maximum absolute atomic E-state index is 12.5. The van der Waals surface area contributed by atoms with E-state index in [1.54, 1.807) is 37.8 Å². The molecule has 0 spiro atoms. The number of halogens is 1. The van der Waals surface area contributed by atoms with Crippen molar-refractivity contribution in [3.8, 4) is 0 Å². The number of nitrogens with one attached hydrogen (secondary N) is 1. The number of hydrogen-bond donors (Lipinski definition) is 2. The maximum Gasteiger partial charge on any atom is 0.241 e. The van der Waals surface area contributed by atoms with Crippen LogP contribution in [0.4, 0.5) is 0 Å². The third-order valence-corrected chi connectivity index (χ3v) is 5.85. The number of carbonyl (C=O) groups excluding carboxylic acids is 1. The third-order valence-electron chi connectivity index (χ3n) is 4.16. The van der Waals surface area contributed by atoms with E-state index in [-0.39, 0.29) is 29.8 Å². The topological polar surface area (TPSA) is 92.5 Å². The molecule has 0 bridgehead atoms. The summed E-state index contributed by atoms with van der Waals surface area (Å²) in [4.78, 5) is 13.6. The van der Waals surface area contributed by atoms with Crippen molar-refractivity contribution in [3.63, 3.8) is 0 Å². The number of amides is 1. The van der Waals surface area contributed by atoms with Crippen molar-refractivity contribution >= 4 is 28.3 Å². The van der Waals surface area contributed by atoms with Gasteiger partial charge in [-0.15, -0.1) is 12.4 Å². The molecular weight excluding hydrogens is 350 g/mol. The molecule has 6 nitrogen and oxygen atoms in total. The van der Waals surface area contributed by atoms with Gasteiger partial charge in [0.25, 0.3) is 0 Å². The second-order valence-corrected chi connectivity index (χ2v) is 8.31. The van der Waals surface area contributed by atoms with E-state index < -0.39 is 15.6 Å². The Hall–Kier alpha value is -1.15. The van der Waals surface area contributed by atoms with Crippen molar-refractivity contribution in [2.45, 2.75) is 44.0 Å². The summed E-state index contributed by atoms with van der Waals surface area (Å²) in [5.41, 5.74) is 7.00. The lowest BCUT2D eigenvalue weighted by Crippen LogP contribution is -2.48. The van der Waals surface area contributed by atoms with Gasteiger partial charge in [-0.1, -0.05) is 6.07 Å². The van der Waals surface area contributed by atoms with Crippen LogP contribution in [0.1, 0.15) is 31.9 Å². The highest BCUT2D eigenvalue weighted by Crippen LogP contribution is 2.21. The third kappa shape index (κ3) is 4.92. The molecule has 24 heavy (non-hydrogen) atoms. The zero-order chi connectivity index (χ0) is 17.3. The molecule has 0 unspecified atom stereocenters. The van der Waals surface area contributed by atoms with Crippen LogP contribution >= 0.6 is 12.4 Å². The van der Waals surface area contributed by atoms with E-state index in [1.165, 1.54) is 0 Å². The van der Waals surface area contributed by atoms with E-state index in [2.05, 4.69) is 4.72 Å². The average molecular weight is 376 g/mol. The Morgan fingerprint density at radius 2 is 1.83 bits per heavy atom. The predicted molar refractivity (Wildman–Crippen MR) is 96.8 cm³/mol. The minimum absolute atomic E-state index is 0. The fraction of sp³-hybridized carbons (Fsp3) is 0.562. The molecule has 1 heterocycles. The van der Waals surface area contributed by atoms with Gasteiger partial charge in [-0.3, -0.25) is 4.79 Å². The van der Waals surface area contributed by atoms with Crippen LogP contribution in [0.25, 0.3) is 0 Å². The highest BCUT2D eigenvalue weighted by Gasteiger charge is 2.26. The van der Waals surface area contributed by atoms with Crippen molar-refractivity contribution in [2.75, 3.05) is 19.6 Å². The van der Waals surface area contributed by atoms with Crippen LogP contribution < -0.4 is 10.5 Å². The second-order valence-electron chi connectivity index (χ2n) is 6.63. The van der Waals surface area contributed by atoms with Crippen molar-refractivity contribution in [1.82, 2.24) is 9.62 Å². The molecule has 0 atom stereocenters. The van der Waals surface area contributed by atoms with E-state index in [0.29, 0.717) is 19.5 Å². The SMILES string of the molecule is CC(=O)N1CCc2ccc(S(=O)(=O)NC(C)(C)CN)cc2CC1.Cl. The first-order chi connectivity index (χ1) is 10.6. The van der Waals surface area contributed by atoms with Crippen molar-refractivity contribution in [3.05, 3.63) is 29.3 Å². The minimum atomic E-state index is -3.62. The summed E-state index contributed by atoms with van der Waals surface area (Å²) in [5.74, 6) is 0.0528. The molecule has 1 amide bonds. The Morgan fingerprint density at radius 3 is 2.38 bits per heavy atom. The van der Waals surface area contributed by atoms with E-state index in [1.807, 2.05) is 6.07 Å². The van der Waals surface area contributed by atoms with Crippen LogP contribution in [-0.2, 0) is 27.7 Å². The van der Waals surface area contributed by atoms with Gasteiger partial charge in [-0.05, 0) is 49.9 Å². The molecule has 1 aliphatic heterocycles. The highest BCUT2D eigenvalue weighted by atomic mass is 35.5. The van der Waals surface area contributed by atoms with Gasteiger partial charge >= 0.3 is 0 Å². The summed E-state index contributed by atoms with van der Waals surface area (Å²) < 4.78 is 27.7. The Kier molecular flexibility index (Phi) is 6.81. The predicted octanol–water partition coefficient (Wildman–Crippen LogP) is 1.07. The first kappa shape index (κ1) is 20.9. The number of fused-ring (bicyclic) bond motifs is 1. The van der Waals surface area contributed by atoms with E-state index in [9.17, 15) is 13.2 Å². The van der Waals surface area contributed by atoms with Gasteiger partial charge in [-0.2, -0.15) is 0 Å². The fourth-order valence-electron chi connectivity index (χ4n) is 2.65. The van der Waals surface area contributed by atoms with Gasteiger partial charge in [0.15, 0.2) is 0 Å². The number of rotatable bonds is 4. The number of hydrogen-bond acceptors (Lipinski definition) is 4. The summed E-state index contributed by atoms with van der Waals surface area (Å²) in [5, 5.41) is 0. The van der Waals surface area contributed by atoms with Gasteiger partial charge in [0.1, 0.15) is 0 Å². The molecule has 0 saturated heterocycles. The normalized spacial score (nSPS) is 15.2. The second kappa shape index (κ2) is 7.82. The summed E-state index contributed by atoms with van der Waals surface area (Å²) in [6, 6.07) is 5.19. The Labute approximate surface area is 150 Å². The lowest BCUT2D eigenvalue weighted by Gasteiger charge is -2.24. The van der Waals surface area contributed by atoms with Crippen LogP contribution in [0, 0.1) is 0 Å². The van der Waals surface area contributed by atoms with Crippen LogP contribution in [0.5, 0.6) is 0 Å². The van der Waals surface area contributed by atoms with Crippen LogP contribution in [0.2, 0.25) is 0 Å². The van der Waals surface area contributed by atoms with Gasteiger partial charge in [0.2, 0.25) is 15.9 Å². The average Bonchev–Trinajstić information content (AvgIpc) is 2.68. The van der Waals surface area contributed by atoms with Crippen molar-refractivity contribution in [1.29, 1.82) is 0 Å². The molecule has 1 aromatic carbocycles. The molecule has 0 radical (unpaired) electrons. The first-order valence-electron chi connectivity index (χ1n) is 7.76. The Balaban J connectivity index is 0.00000288. The standard InChI is InChI=1S/C16H25N3O3S.ClH/c1-12(20)19-8-6-13-4-5-15(10-14(13)7-9-19)23(21,22)18-16(2,3)11-17;/h4-5,10,18H,6-9,11,17H2,1-3H3;1H. The molecular formula is C16H26ClN3O3S. The van der Waals surface area contributed by atoms with Crippen LogP contribution in [-0.4, -0.2) is 44.4 Å². The number of sulfonamides is 1. The van der Waals surface area contributed by atoms with Crippen LogP contribution in [0.3, 0.4) is 0 Å². The lowest BCUT2D eigenvalue weighted by molar-refractivity contribution is -0.128. The summed E-state index contributed by atoms with van der Waals surface area (Å²) in [6.07, 6.45) is 1.41. The summed E-state index contributed by atoms with van der Waals surface area (Å²) >= 11 is 0. The molecule has 8 heteroatoms. The molecule has 1 aromatic rings. The molecule has 3 N–H and O–H groups in total. The molecule has 0 aromatic heterocycles. The van der Waals surface area contributed by atoms with E-state index in [4.69, 9.17) is 5.73 Å². The van der Waals surface area contributed by atoms with Crippen molar-refractivity contribution < 1.29 is 13.2 Å². The van der Waals surface area contributed by atoms with E-state index >= 15 is 0 Å². The first-order valence-corrected chi connectivity index (χ1v) is 9.24. The van der Waals surface area contributed by atoms with E-state index in [0.717, 1.165) is 17.5 Å². The Morgan fingerprint density at radius 1 is 1.25 bits per heavy atom. The molecule has 0 fully saturated rings. The smallest absolute Gasteiger partial charge is 0.241 e. The fourth-order valence-corrected chi connectivity index (χ4v) is 4.12. The molecule has 1 aliphatic rings. The zero-order valence-corrected chi connectivity index (χ0v) is 16.0. The molecule has 0 saturated carbocycles. The van der Waals surface area contributed by atoms with Crippen LogP contribution in [0.15, 0.2) is 23.1 Å². The molecule has 0 aliphatic carbocycles. The maximum atomic E-state index is 12.5. The number of nitrogens with two attached hydrogens (primary N) is 1. The monoisotopic (exact) mass is 375 g/mol. The summed E-state index contributed by atoms with van der Waals surface area (Å²) in [7, 11) is -3.62. The van der Waals surface area contributed by atoms with Gasteiger partial charge < -0.3 is 10.6 Å². The molecule has 2 rings (SSSR count). The molecule has 136 valence electrons. The number of nitrogens with zero attached hydrogens (tertiary/aromatic N) is 1.